The number of carboxylic acids is 1. The first-order valence-corrected chi connectivity index (χ1v) is 4.61. The largest absolute Gasteiger partial charge is 0.481 e. The van der Waals surface area contributed by atoms with Crippen molar-refractivity contribution >= 4 is 35.2 Å². The van der Waals surface area contributed by atoms with Crippen molar-refractivity contribution < 1.29 is 9.90 Å². The molecule has 17 heavy (non-hydrogen) atoms. The molecule has 1 aromatic carbocycles. The quantitative estimate of drug-likeness (QED) is 0.481. The topological polar surface area (TPSA) is 116 Å². The van der Waals surface area contributed by atoms with E-state index in [0.717, 1.165) is 0 Å². The van der Waals surface area contributed by atoms with Crippen LogP contribution in [0.5, 0.6) is 0 Å². The van der Waals surface area contributed by atoms with Crippen LogP contribution in [0.4, 0.5) is 0 Å². The van der Waals surface area contributed by atoms with Crippen molar-refractivity contribution in [2.45, 2.75) is 6.42 Å². The number of benzene rings is 1. The maximum absolute atomic E-state index is 10.5. The van der Waals surface area contributed by atoms with E-state index < -0.39 is 5.97 Å². The number of aromatic nitrogens is 2. The number of aromatic amines is 1. The van der Waals surface area contributed by atoms with Crippen LogP contribution in [0.1, 0.15) is 11.4 Å². The lowest BCUT2D eigenvalue weighted by Crippen LogP contribution is -2.10. The summed E-state index contributed by atoms with van der Waals surface area (Å²) in [7, 11) is 0. The molecule has 5 N–H and O–H groups in total. The third-order valence-electron chi connectivity index (χ3n) is 2.16. The van der Waals surface area contributed by atoms with Crippen LogP contribution in [0.25, 0.3) is 11.0 Å². The molecule has 0 saturated heterocycles. The number of hydrogen-bond acceptors (Lipinski definition) is 3. The average Bonchev–Trinajstić information content (AvgIpc) is 2.56. The molecule has 0 amide bonds. The van der Waals surface area contributed by atoms with Crippen molar-refractivity contribution in [3.8, 4) is 0 Å². The fourth-order valence-electron chi connectivity index (χ4n) is 1.46. The highest BCUT2D eigenvalue weighted by Gasteiger charge is 2.07. The first kappa shape index (κ1) is 13.0. The number of nitrogen functional groups attached to an aromatic ring is 1. The van der Waals surface area contributed by atoms with Gasteiger partial charge in [-0.2, -0.15) is 0 Å². The zero-order valence-corrected chi connectivity index (χ0v) is 9.54. The molecule has 0 bridgehead atoms. The van der Waals surface area contributed by atoms with E-state index in [1.807, 2.05) is 0 Å². The molecule has 1 aromatic heterocycles. The Morgan fingerprint density at radius 3 is 2.82 bits per heavy atom. The van der Waals surface area contributed by atoms with Gasteiger partial charge in [0.1, 0.15) is 18.1 Å². The fourth-order valence-corrected chi connectivity index (χ4v) is 1.46. The van der Waals surface area contributed by atoms with Gasteiger partial charge in [-0.25, -0.2) is 4.98 Å². The first-order chi connectivity index (χ1) is 7.56. The highest BCUT2D eigenvalue weighted by atomic mass is 35.5. The van der Waals surface area contributed by atoms with Gasteiger partial charge in [0.25, 0.3) is 0 Å². The molecule has 0 aliphatic heterocycles. The summed E-state index contributed by atoms with van der Waals surface area (Å²) in [4.78, 5) is 17.5. The van der Waals surface area contributed by atoms with Crippen LogP contribution in [0.2, 0.25) is 0 Å². The molecular formula is C10H11ClN4O2. The molecule has 6 nitrogen and oxygen atoms in total. The Bertz CT molecular complexity index is 579. The second kappa shape index (κ2) is 4.84. The van der Waals surface area contributed by atoms with Crippen molar-refractivity contribution in [3.63, 3.8) is 0 Å². The SMILES string of the molecule is Cl.N=C(N)c1ccc2nc(CC(=O)O)[nH]c2c1. The number of hydrogen-bond donors (Lipinski definition) is 4. The van der Waals surface area contributed by atoms with Gasteiger partial charge >= 0.3 is 5.97 Å². The number of amidine groups is 1. The van der Waals surface area contributed by atoms with E-state index >= 15 is 0 Å². The molecule has 2 aromatic rings. The predicted molar refractivity (Wildman–Crippen MR) is 65.7 cm³/mol. The van der Waals surface area contributed by atoms with Crippen LogP contribution >= 0.6 is 12.4 Å². The number of nitrogens with zero attached hydrogens (tertiary/aromatic N) is 1. The lowest BCUT2D eigenvalue weighted by atomic mass is 10.2. The number of rotatable bonds is 3. The van der Waals surface area contributed by atoms with E-state index in [9.17, 15) is 4.79 Å². The van der Waals surface area contributed by atoms with Crippen molar-refractivity contribution in [3.05, 3.63) is 29.6 Å². The smallest absolute Gasteiger partial charge is 0.311 e. The van der Waals surface area contributed by atoms with Gasteiger partial charge in [0.2, 0.25) is 0 Å². The Morgan fingerprint density at radius 2 is 2.24 bits per heavy atom. The fraction of sp³-hybridized carbons (Fsp3) is 0.100. The molecule has 2 rings (SSSR count). The number of nitrogens with one attached hydrogen (secondary N) is 2. The van der Waals surface area contributed by atoms with Gasteiger partial charge in [-0.05, 0) is 18.2 Å². The lowest BCUT2D eigenvalue weighted by Gasteiger charge is -1.96. The predicted octanol–water partition coefficient (Wildman–Crippen LogP) is 0.896. The van der Waals surface area contributed by atoms with Gasteiger partial charge in [-0.3, -0.25) is 10.2 Å². The zero-order valence-electron chi connectivity index (χ0n) is 8.73. The highest BCUT2D eigenvalue weighted by Crippen LogP contribution is 2.13. The Morgan fingerprint density at radius 1 is 1.53 bits per heavy atom. The van der Waals surface area contributed by atoms with Crippen molar-refractivity contribution in [1.29, 1.82) is 5.41 Å². The minimum atomic E-state index is -0.939. The van der Waals surface area contributed by atoms with E-state index in [-0.39, 0.29) is 24.7 Å². The van der Waals surface area contributed by atoms with Crippen LogP contribution in [-0.4, -0.2) is 26.9 Å². The van der Waals surface area contributed by atoms with Crippen LogP contribution < -0.4 is 5.73 Å². The Labute approximate surface area is 103 Å². The summed E-state index contributed by atoms with van der Waals surface area (Å²) in [5.41, 5.74) is 7.28. The number of carboxylic acid groups (broad SMARTS) is 1. The van der Waals surface area contributed by atoms with E-state index in [1.165, 1.54) is 0 Å². The lowest BCUT2D eigenvalue weighted by molar-refractivity contribution is -0.136. The molecule has 0 atom stereocenters. The second-order valence-corrected chi connectivity index (χ2v) is 3.40. The Balaban J connectivity index is 0.00000144. The average molecular weight is 255 g/mol. The molecule has 0 unspecified atom stereocenters. The monoisotopic (exact) mass is 254 g/mol. The molecule has 0 aliphatic carbocycles. The molecule has 90 valence electrons. The Hall–Kier alpha value is -2.08. The molecule has 1 heterocycles. The first-order valence-electron chi connectivity index (χ1n) is 4.61. The highest BCUT2D eigenvalue weighted by molar-refractivity contribution is 5.98. The number of carbonyl (C=O) groups is 1. The summed E-state index contributed by atoms with van der Waals surface area (Å²) in [6, 6.07) is 5.06. The zero-order chi connectivity index (χ0) is 11.7. The maximum atomic E-state index is 10.5. The van der Waals surface area contributed by atoms with Gasteiger partial charge in [0.05, 0.1) is 11.0 Å². The number of halogens is 1. The number of H-pyrrole nitrogens is 1. The van der Waals surface area contributed by atoms with Crippen LogP contribution in [0.15, 0.2) is 18.2 Å². The van der Waals surface area contributed by atoms with Gasteiger partial charge < -0.3 is 15.8 Å². The molecule has 0 radical (unpaired) electrons. The summed E-state index contributed by atoms with van der Waals surface area (Å²) >= 11 is 0. The van der Waals surface area contributed by atoms with Crippen LogP contribution in [0, 0.1) is 5.41 Å². The minimum absolute atomic E-state index is 0. The van der Waals surface area contributed by atoms with E-state index in [4.69, 9.17) is 16.2 Å². The molecule has 0 aliphatic rings. The molecular weight excluding hydrogens is 244 g/mol. The third-order valence-corrected chi connectivity index (χ3v) is 2.16. The summed E-state index contributed by atoms with van der Waals surface area (Å²) in [5.74, 6) is -0.578. The summed E-state index contributed by atoms with van der Waals surface area (Å²) in [6.07, 6.45) is -0.149. The number of fused-ring (bicyclic) bond motifs is 1. The van der Waals surface area contributed by atoms with Crippen molar-refractivity contribution in [1.82, 2.24) is 9.97 Å². The standard InChI is InChI=1S/C10H10N4O2.ClH/c11-10(12)5-1-2-6-7(3-5)14-8(13-6)4-9(15)16;/h1-3H,4H2,(H3,11,12)(H,13,14)(H,15,16);1H. The molecule has 0 saturated carbocycles. The Kier molecular flexibility index (Phi) is 3.69. The van der Waals surface area contributed by atoms with Gasteiger partial charge in [0.15, 0.2) is 0 Å². The molecule has 7 heteroatoms. The van der Waals surface area contributed by atoms with E-state index in [2.05, 4.69) is 9.97 Å². The molecule has 0 fully saturated rings. The normalized spacial score (nSPS) is 9.88. The van der Waals surface area contributed by atoms with Gasteiger partial charge in [0, 0.05) is 5.56 Å². The van der Waals surface area contributed by atoms with Gasteiger partial charge in [-0.1, -0.05) is 0 Å². The minimum Gasteiger partial charge on any atom is -0.481 e. The second-order valence-electron chi connectivity index (χ2n) is 3.40. The van der Waals surface area contributed by atoms with Gasteiger partial charge in [-0.15, -0.1) is 12.4 Å². The van der Waals surface area contributed by atoms with Crippen LogP contribution in [-0.2, 0) is 11.2 Å². The summed E-state index contributed by atoms with van der Waals surface area (Å²) < 4.78 is 0. The summed E-state index contributed by atoms with van der Waals surface area (Å²) in [6.45, 7) is 0. The number of nitrogens with two attached hydrogens (primary N) is 1. The van der Waals surface area contributed by atoms with Crippen molar-refractivity contribution in [2.75, 3.05) is 0 Å². The third kappa shape index (κ3) is 2.73. The molecule has 0 spiro atoms. The number of imidazole rings is 1. The van der Waals surface area contributed by atoms with E-state index in [1.54, 1.807) is 18.2 Å². The summed E-state index contributed by atoms with van der Waals surface area (Å²) in [5, 5.41) is 15.9. The number of aliphatic carboxylic acids is 1. The van der Waals surface area contributed by atoms with Crippen molar-refractivity contribution in [2.24, 2.45) is 5.73 Å². The van der Waals surface area contributed by atoms with E-state index in [0.29, 0.717) is 22.4 Å². The maximum Gasteiger partial charge on any atom is 0.311 e. The van der Waals surface area contributed by atoms with Crippen LogP contribution in [0.3, 0.4) is 0 Å².